The molecule has 2 aliphatic rings. The summed E-state index contributed by atoms with van der Waals surface area (Å²) in [4.78, 5) is 50.9. The van der Waals surface area contributed by atoms with E-state index in [1.54, 1.807) is 31.2 Å². The fraction of sp³-hybridized carbons (Fsp3) is 0.353. The second kappa shape index (κ2) is 6.78. The maximum absolute atomic E-state index is 13.2. The van der Waals surface area contributed by atoms with Crippen LogP contribution in [0.5, 0.6) is 0 Å². The van der Waals surface area contributed by atoms with Crippen LogP contribution in [0.3, 0.4) is 0 Å². The lowest BCUT2D eigenvalue weighted by Crippen LogP contribution is -2.51. The first-order chi connectivity index (χ1) is 12.3. The molecule has 9 heteroatoms. The Balaban J connectivity index is 1.98. The normalized spacial score (nSPS) is 22.2. The van der Waals surface area contributed by atoms with Crippen LogP contribution in [-0.2, 0) is 23.9 Å². The molecular weight excluding hydrogens is 453 g/mol. The number of halogens is 1. The molecule has 1 aromatic carbocycles. The molecule has 0 aromatic heterocycles. The highest BCUT2D eigenvalue weighted by molar-refractivity contribution is 14.1. The predicted octanol–water partition coefficient (Wildman–Crippen LogP) is 1.46. The van der Waals surface area contributed by atoms with Gasteiger partial charge in [-0.25, -0.2) is 14.7 Å². The Labute approximate surface area is 163 Å². The zero-order chi connectivity index (χ0) is 19.1. The van der Waals surface area contributed by atoms with Gasteiger partial charge in [0.25, 0.3) is 5.91 Å². The molecule has 1 fully saturated rings. The van der Waals surface area contributed by atoms with E-state index in [2.05, 4.69) is 27.7 Å². The third-order valence-electron chi connectivity index (χ3n) is 4.27. The lowest BCUT2D eigenvalue weighted by molar-refractivity contribution is -0.141. The number of nitrogens with zero attached hydrogens (tertiary/aromatic N) is 3. The van der Waals surface area contributed by atoms with Crippen molar-refractivity contribution in [3.8, 4) is 0 Å². The molecule has 1 saturated heterocycles. The van der Waals surface area contributed by atoms with Crippen LogP contribution in [0, 0.1) is 3.57 Å². The molecule has 0 N–H and O–H groups in total. The minimum Gasteiger partial charge on any atom is -0.461 e. The van der Waals surface area contributed by atoms with Crippen LogP contribution in [0.2, 0.25) is 0 Å². The predicted molar refractivity (Wildman–Crippen MR) is 100 cm³/mol. The zero-order valence-corrected chi connectivity index (χ0v) is 16.3. The van der Waals surface area contributed by atoms with Gasteiger partial charge in [-0.15, -0.1) is 0 Å². The molecule has 2 heterocycles. The van der Waals surface area contributed by atoms with Gasteiger partial charge in [0.15, 0.2) is 5.54 Å². The summed E-state index contributed by atoms with van der Waals surface area (Å²) in [6.45, 7) is 3.03. The van der Waals surface area contributed by atoms with E-state index in [0.717, 1.165) is 13.5 Å². The SMILES string of the molecule is CCOC(=O)C1=NN(C(C)=O)[C@]2(CC(=O)N(c3ccc(I)cc3)C2=O)C1. The van der Waals surface area contributed by atoms with Crippen LogP contribution in [-0.4, -0.2) is 46.6 Å². The van der Waals surface area contributed by atoms with Crippen molar-refractivity contribution in [3.05, 3.63) is 27.8 Å². The molecule has 0 saturated carbocycles. The molecule has 0 unspecified atom stereocenters. The van der Waals surface area contributed by atoms with Gasteiger partial charge in [-0.05, 0) is 53.8 Å². The second-order valence-electron chi connectivity index (χ2n) is 5.99. The summed E-state index contributed by atoms with van der Waals surface area (Å²) in [6.07, 6.45) is -0.374. The van der Waals surface area contributed by atoms with Crippen molar-refractivity contribution >= 4 is 57.7 Å². The lowest BCUT2D eigenvalue weighted by Gasteiger charge is -2.28. The first-order valence-electron chi connectivity index (χ1n) is 7.98. The largest absolute Gasteiger partial charge is 0.461 e. The van der Waals surface area contributed by atoms with E-state index in [1.807, 2.05) is 0 Å². The van der Waals surface area contributed by atoms with E-state index in [9.17, 15) is 19.2 Å². The minimum absolute atomic E-state index is 0.0346. The van der Waals surface area contributed by atoms with E-state index in [4.69, 9.17) is 4.74 Å². The van der Waals surface area contributed by atoms with Crippen molar-refractivity contribution in [2.75, 3.05) is 11.5 Å². The quantitative estimate of drug-likeness (QED) is 0.380. The summed E-state index contributed by atoms with van der Waals surface area (Å²) in [5.41, 5.74) is -1.12. The number of esters is 1. The number of hydrogen-bond acceptors (Lipinski definition) is 6. The van der Waals surface area contributed by atoms with Crippen molar-refractivity contribution in [2.45, 2.75) is 32.2 Å². The Morgan fingerprint density at radius 3 is 2.46 bits per heavy atom. The molecule has 0 radical (unpaired) electrons. The second-order valence-corrected chi connectivity index (χ2v) is 7.24. The highest BCUT2D eigenvalue weighted by Gasteiger charge is 2.61. The number of imide groups is 1. The molecule has 0 bridgehead atoms. The average Bonchev–Trinajstić information content (AvgIpc) is 3.08. The Kier molecular flexibility index (Phi) is 4.82. The first kappa shape index (κ1) is 18.5. The van der Waals surface area contributed by atoms with Gasteiger partial charge in [0, 0.05) is 16.9 Å². The molecule has 3 amide bonds. The van der Waals surface area contributed by atoms with Crippen molar-refractivity contribution in [1.82, 2.24) is 5.01 Å². The van der Waals surface area contributed by atoms with Crippen LogP contribution in [0.4, 0.5) is 5.69 Å². The van der Waals surface area contributed by atoms with Gasteiger partial charge in [-0.1, -0.05) is 0 Å². The van der Waals surface area contributed by atoms with Gasteiger partial charge in [-0.3, -0.25) is 14.4 Å². The van der Waals surface area contributed by atoms with Gasteiger partial charge in [0.05, 0.1) is 18.7 Å². The Morgan fingerprint density at radius 2 is 1.88 bits per heavy atom. The third kappa shape index (κ3) is 2.89. The summed E-state index contributed by atoms with van der Waals surface area (Å²) in [5.74, 6) is -2.22. The zero-order valence-electron chi connectivity index (χ0n) is 14.2. The fourth-order valence-corrected chi connectivity index (χ4v) is 3.54. The number of hydrogen-bond donors (Lipinski definition) is 0. The molecule has 136 valence electrons. The van der Waals surface area contributed by atoms with Gasteiger partial charge >= 0.3 is 5.97 Å². The number of carbonyl (C=O) groups is 4. The molecular formula is C17H16IN3O5. The average molecular weight is 469 g/mol. The van der Waals surface area contributed by atoms with E-state index in [1.165, 1.54) is 6.92 Å². The van der Waals surface area contributed by atoms with Gasteiger partial charge in [-0.2, -0.15) is 5.10 Å². The Hall–Kier alpha value is -2.30. The van der Waals surface area contributed by atoms with Crippen LogP contribution in [0.15, 0.2) is 29.4 Å². The Bertz CT molecular complexity index is 835. The van der Waals surface area contributed by atoms with E-state index in [-0.39, 0.29) is 25.2 Å². The fourth-order valence-electron chi connectivity index (χ4n) is 3.18. The minimum atomic E-state index is -1.51. The Morgan fingerprint density at radius 1 is 1.23 bits per heavy atom. The van der Waals surface area contributed by atoms with E-state index in [0.29, 0.717) is 5.69 Å². The van der Waals surface area contributed by atoms with Crippen LogP contribution >= 0.6 is 22.6 Å². The number of amides is 3. The molecule has 1 spiro atoms. The number of carbonyl (C=O) groups excluding carboxylic acids is 4. The van der Waals surface area contributed by atoms with Gasteiger partial charge in [0.2, 0.25) is 11.8 Å². The van der Waals surface area contributed by atoms with Crippen LogP contribution < -0.4 is 4.90 Å². The van der Waals surface area contributed by atoms with Crippen molar-refractivity contribution in [2.24, 2.45) is 5.10 Å². The van der Waals surface area contributed by atoms with E-state index >= 15 is 0 Å². The molecule has 1 atom stereocenters. The molecule has 2 aliphatic heterocycles. The molecule has 8 nitrogen and oxygen atoms in total. The standard InChI is InChI=1S/C17H16IN3O5/c1-3-26-15(24)13-8-17(21(19-13)10(2)22)9-14(23)20(16(17)25)12-6-4-11(18)5-7-12/h4-7H,3,8-9H2,1-2H3/t17-/m0/s1. The molecule has 26 heavy (non-hydrogen) atoms. The van der Waals surface area contributed by atoms with Gasteiger partial charge in [0.1, 0.15) is 5.71 Å². The number of ether oxygens (including phenoxy) is 1. The van der Waals surface area contributed by atoms with Crippen molar-refractivity contribution in [1.29, 1.82) is 0 Å². The maximum Gasteiger partial charge on any atom is 0.354 e. The van der Waals surface area contributed by atoms with E-state index < -0.39 is 29.2 Å². The summed E-state index contributed by atoms with van der Waals surface area (Å²) < 4.78 is 5.88. The van der Waals surface area contributed by atoms with Gasteiger partial charge < -0.3 is 4.74 Å². The monoisotopic (exact) mass is 469 g/mol. The van der Waals surface area contributed by atoms with Crippen molar-refractivity contribution in [3.63, 3.8) is 0 Å². The molecule has 3 rings (SSSR count). The van der Waals surface area contributed by atoms with Crippen LogP contribution in [0.25, 0.3) is 0 Å². The summed E-state index contributed by atoms with van der Waals surface area (Å²) in [5, 5.41) is 4.94. The lowest BCUT2D eigenvalue weighted by atomic mass is 9.91. The topological polar surface area (TPSA) is 96.3 Å². The third-order valence-corrected chi connectivity index (χ3v) is 4.99. The van der Waals surface area contributed by atoms with Crippen LogP contribution in [0.1, 0.15) is 26.7 Å². The number of rotatable bonds is 3. The van der Waals surface area contributed by atoms with Crippen molar-refractivity contribution < 1.29 is 23.9 Å². The maximum atomic E-state index is 13.2. The number of benzene rings is 1. The highest BCUT2D eigenvalue weighted by Crippen LogP contribution is 2.40. The molecule has 0 aliphatic carbocycles. The first-order valence-corrected chi connectivity index (χ1v) is 9.06. The highest BCUT2D eigenvalue weighted by atomic mass is 127. The summed E-state index contributed by atoms with van der Waals surface area (Å²) >= 11 is 2.12. The smallest absolute Gasteiger partial charge is 0.354 e. The number of hydrazone groups is 1. The summed E-state index contributed by atoms with van der Waals surface area (Å²) in [7, 11) is 0. The molecule has 1 aromatic rings. The summed E-state index contributed by atoms with van der Waals surface area (Å²) in [6, 6.07) is 6.88. The number of anilines is 1.